The highest BCUT2D eigenvalue weighted by Gasteiger charge is 2.21. The maximum absolute atomic E-state index is 14.9. The number of carboxylic acid groups (broad SMARTS) is 1. The number of carbonyl (C=O) groups is 1. The van der Waals surface area contributed by atoms with E-state index in [0.717, 1.165) is 0 Å². The van der Waals surface area contributed by atoms with E-state index >= 15 is 0 Å². The second-order valence-electron chi connectivity index (χ2n) is 7.87. The Hall–Kier alpha value is -3.42. The smallest absolute Gasteiger partial charge is 0.335 e. The Morgan fingerprint density at radius 1 is 1.09 bits per heavy atom. The lowest BCUT2D eigenvalue weighted by molar-refractivity contribution is 0.0697. The number of hydrogen-bond donors (Lipinski definition) is 1. The molecule has 0 radical (unpaired) electrons. The number of rotatable bonds is 7. The third kappa shape index (κ3) is 4.76. The topological polar surface area (TPSA) is 77.2 Å². The van der Waals surface area contributed by atoms with Crippen molar-refractivity contribution in [3.63, 3.8) is 0 Å². The molecule has 6 nitrogen and oxygen atoms in total. The highest BCUT2D eigenvalue weighted by molar-refractivity contribution is 6.37. The zero-order chi connectivity index (χ0) is 24.4. The van der Waals surface area contributed by atoms with Crippen LogP contribution in [-0.2, 0) is 6.61 Å². The first kappa shape index (κ1) is 23.7. The number of benzene rings is 3. The van der Waals surface area contributed by atoms with Gasteiger partial charge in [-0.2, -0.15) is 0 Å². The minimum Gasteiger partial charge on any atom is -0.487 e. The van der Waals surface area contributed by atoms with E-state index < -0.39 is 11.8 Å². The van der Waals surface area contributed by atoms with Gasteiger partial charge in [0.1, 0.15) is 29.6 Å². The molecule has 0 bridgehead atoms. The van der Waals surface area contributed by atoms with Gasteiger partial charge in [0.05, 0.1) is 21.3 Å². The summed E-state index contributed by atoms with van der Waals surface area (Å²) in [6, 6.07) is 15.7. The summed E-state index contributed by atoms with van der Waals surface area (Å²) in [4.78, 5) is 11.0. The molecule has 0 aliphatic heterocycles. The van der Waals surface area contributed by atoms with Crippen molar-refractivity contribution >= 4 is 29.2 Å². The Balaban J connectivity index is 1.61. The summed E-state index contributed by atoms with van der Waals surface area (Å²) >= 11 is 12.7. The van der Waals surface area contributed by atoms with Crippen LogP contribution in [-0.4, -0.2) is 26.1 Å². The Labute approximate surface area is 205 Å². The average Bonchev–Trinajstić information content (AvgIpc) is 3.21. The third-order valence-corrected chi connectivity index (χ3v) is 5.86. The zero-order valence-corrected chi connectivity index (χ0v) is 19.8. The summed E-state index contributed by atoms with van der Waals surface area (Å²) in [6.07, 6.45) is 0. The molecule has 0 saturated heterocycles. The van der Waals surface area contributed by atoms with Crippen molar-refractivity contribution in [2.75, 3.05) is 0 Å². The quantitative estimate of drug-likeness (QED) is 0.303. The second kappa shape index (κ2) is 9.83. The molecule has 1 heterocycles. The van der Waals surface area contributed by atoms with Crippen molar-refractivity contribution in [3.05, 3.63) is 93.5 Å². The maximum Gasteiger partial charge on any atom is 0.335 e. The molecule has 34 heavy (non-hydrogen) atoms. The van der Waals surface area contributed by atoms with Crippen molar-refractivity contribution in [2.45, 2.75) is 26.4 Å². The van der Waals surface area contributed by atoms with Crippen LogP contribution in [0, 0.1) is 5.82 Å². The predicted molar refractivity (Wildman–Crippen MR) is 129 cm³/mol. The number of aromatic carboxylic acids is 1. The van der Waals surface area contributed by atoms with Gasteiger partial charge in [0.2, 0.25) is 0 Å². The van der Waals surface area contributed by atoms with Gasteiger partial charge in [-0.1, -0.05) is 60.5 Å². The number of hydrogen-bond acceptors (Lipinski definition) is 4. The van der Waals surface area contributed by atoms with Crippen LogP contribution in [0.4, 0.5) is 4.39 Å². The van der Waals surface area contributed by atoms with Crippen LogP contribution in [0.15, 0.2) is 60.7 Å². The lowest BCUT2D eigenvalue weighted by Gasteiger charge is -2.14. The van der Waals surface area contributed by atoms with E-state index in [-0.39, 0.29) is 18.1 Å². The molecule has 0 atom stereocenters. The highest BCUT2D eigenvalue weighted by Crippen LogP contribution is 2.32. The molecule has 4 rings (SSSR count). The first-order valence-electron chi connectivity index (χ1n) is 10.4. The van der Waals surface area contributed by atoms with Crippen molar-refractivity contribution in [2.24, 2.45) is 0 Å². The Morgan fingerprint density at radius 2 is 1.76 bits per heavy atom. The van der Waals surface area contributed by atoms with Crippen LogP contribution >= 0.6 is 23.2 Å². The number of ether oxygens (including phenoxy) is 1. The summed E-state index contributed by atoms with van der Waals surface area (Å²) in [5.74, 6) is -1.16. The van der Waals surface area contributed by atoms with E-state index in [1.807, 2.05) is 13.8 Å². The molecular weight excluding hydrogens is 480 g/mol. The minimum absolute atomic E-state index is 0.0569. The standard InChI is InChI=1S/C25H20Cl2FN3O3/c1-14(2)23-22(31(30-29-23)24-19(26)4-3-5-20(24)27)13-34-17-10-11-18(21(28)12-17)15-6-8-16(9-7-15)25(32)33/h3-12,14H,13H2,1-2H3,(H,32,33). The Bertz CT molecular complexity index is 1330. The number of aromatic nitrogens is 3. The number of halogens is 3. The molecule has 0 spiro atoms. The van der Waals surface area contributed by atoms with Crippen molar-refractivity contribution in [3.8, 4) is 22.6 Å². The van der Waals surface area contributed by atoms with E-state index in [2.05, 4.69) is 10.3 Å². The van der Waals surface area contributed by atoms with Crippen LogP contribution in [0.2, 0.25) is 10.0 Å². The summed E-state index contributed by atoms with van der Waals surface area (Å²) < 4.78 is 22.3. The van der Waals surface area contributed by atoms with Crippen molar-refractivity contribution in [1.82, 2.24) is 15.0 Å². The van der Waals surface area contributed by atoms with Gasteiger partial charge >= 0.3 is 5.97 Å². The van der Waals surface area contributed by atoms with Gasteiger partial charge in [0.15, 0.2) is 0 Å². The maximum atomic E-state index is 14.9. The fourth-order valence-electron chi connectivity index (χ4n) is 3.53. The van der Waals surface area contributed by atoms with Crippen LogP contribution < -0.4 is 4.74 Å². The highest BCUT2D eigenvalue weighted by atomic mass is 35.5. The number of carboxylic acids is 1. The number of para-hydroxylation sites is 1. The van der Waals surface area contributed by atoms with Gasteiger partial charge in [0.25, 0.3) is 0 Å². The molecule has 1 aromatic heterocycles. The molecule has 0 saturated carbocycles. The summed E-state index contributed by atoms with van der Waals surface area (Å²) in [7, 11) is 0. The normalized spacial score (nSPS) is 11.1. The molecule has 0 aliphatic carbocycles. The molecule has 0 amide bonds. The summed E-state index contributed by atoms with van der Waals surface area (Å²) in [6.45, 7) is 4.03. The summed E-state index contributed by atoms with van der Waals surface area (Å²) in [5.41, 5.74) is 2.89. The van der Waals surface area contributed by atoms with Gasteiger partial charge in [0, 0.05) is 11.6 Å². The molecule has 9 heteroatoms. The zero-order valence-electron chi connectivity index (χ0n) is 18.3. The van der Waals surface area contributed by atoms with E-state index in [1.165, 1.54) is 18.2 Å². The van der Waals surface area contributed by atoms with Crippen molar-refractivity contribution < 1.29 is 19.0 Å². The van der Waals surface area contributed by atoms with Crippen LogP contribution in [0.1, 0.15) is 41.5 Å². The van der Waals surface area contributed by atoms with Crippen LogP contribution in [0.5, 0.6) is 5.75 Å². The molecule has 174 valence electrons. The molecule has 0 unspecified atom stereocenters. The van der Waals surface area contributed by atoms with Gasteiger partial charge < -0.3 is 9.84 Å². The third-order valence-electron chi connectivity index (χ3n) is 5.25. The van der Waals surface area contributed by atoms with Gasteiger partial charge in [-0.15, -0.1) is 5.10 Å². The molecule has 0 fully saturated rings. The van der Waals surface area contributed by atoms with E-state index in [9.17, 15) is 9.18 Å². The summed E-state index contributed by atoms with van der Waals surface area (Å²) in [5, 5.41) is 18.4. The fourth-order valence-corrected chi connectivity index (χ4v) is 4.09. The SMILES string of the molecule is CC(C)c1nnn(-c2c(Cl)cccc2Cl)c1COc1ccc(-c2ccc(C(=O)O)cc2)c(F)c1. The second-order valence-corrected chi connectivity index (χ2v) is 8.69. The van der Waals surface area contributed by atoms with Crippen LogP contribution in [0.3, 0.4) is 0 Å². The largest absolute Gasteiger partial charge is 0.487 e. The van der Waals surface area contributed by atoms with Crippen molar-refractivity contribution in [1.29, 1.82) is 0 Å². The predicted octanol–water partition coefficient (Wildman–Crippen LogP) is 6.78. The first-order valence-corrected chi connectivity index (χ1v) is 11.2. The Morgan fingerprint density at radius 3 is 2.35 bits per heavy atom. The van der Waals surface area contributed by atoms with E-state index in [4.69, 9.17) is 33.0 Å². The van der Waals surface area contributed by atoms with Crippen LogP contribution in [0.25, 0.3) is 16.8 Å². The molecular formula is C25H20Cl2FN3O3. The lowest BCUT2D eigenvalue weighted by atomic mass is 10.0. The minimum atomic E-state index is -1.04. The van der Waals surface area contributed by atoms with Gasteiger partial charge in [-0.25, -0.2) is 13.9 Å². The van der Waals surface area contributed by atoms with Gasteiger partial charge in [-0.05, 0) is 47.9 Å². The van der Waals surface area contributed by atoms with Gasteiger partial charge in [-0.3, -0.25) is 0 Å². The molecule has 3 aromatic carbocycles. The number of nitrogens with zero attached hydrogens (tertiary/aromatic N) is 3. The molecule has 0 aliphatic rings. The Kier molecular flexibility index (Phi) is 6.86. The van der Waals surface area contributed by atoms with E-state index in [1.54, 1.807) is 47.1 Å². The average molecular weight is 500 g/mol. The van der Waals surface area contributed by atoms with E-state index in [0.29, 0.717) is 44.0 Å². The molecule has 1 N–H and O–H groups in total. The molecule has 4 aromatic rings. The fraction of sp³-hybridized carbons (Fsp3) is 0.160. The lowest BCUT2D eigenvalue weighted by Crippen LogP contribution is -2.09. The first-order chi connectivity index (χ1) is 16.3. The monoisotopic (exact) mass is 499 g/mol.